The van der Waals surface area contributed by atoms with Crippen LogP contribution in [0.3, 0.4) is 0 Å². The second kappa shape index (κ2) is 12.9. The zero-order chi connectivity index (χ0) is 26.3. The Morgan fingerprint density at radius 3 is 2.28 bits per heavy atom. The molecule has 0 aromatic heterocycles. The zero-order valence-electron chi connectivity index (χ0n) is 21.0. The Morgan fingerprint density at radius 2 is 1.69 bits per heavy atom. The van der Waals surface area contributed by atoms with E-state index in [1.165, 1.54) is 0 Å². The van der Waals surface area contributed by atoms with E-state index >= 15 is 0 Å². The summed E-state index contributed by atoms with van der Waals surface area (Å²) in [7, 11) is 3.59. The van der Waals surface area contributed by atoms with Crippen molar-refractivity contribution in [3.05, 3.63) is 34.9 Å². The number of ether oxygens (including phenoxy) is 1. The molecule has 2 saturated carbocycles. The van der Waals surface area contributed by atoms with Crippen LogP contribution >= 0.6 is 0 Å². The number of hydrogen-bond acceptors (Lipinski definition) is 4. The molecule has 1 aromatic rings. The molecule has 2 N–H and O–H groups in total. The van der Waals surface area contributed by atoms with Gasteiger partial charge in [-0.2, -0.15) is 13.2 Å². The highest BCUT2D eigenvalue weighted by Gasteiger charge is 2.32. The highest BCUT2D eigenvalue weighted by atomic mass is 19.4. The summed E-state index contributed by atoms with van der Waals surface area (Å²) < 4.78 is 57.6. The SMILES string of the molecule is COC1CCC(N(C)C(=O)CNC2CCC(CNC(=O)c3cc(CF)cc(C(F)(F)F)c3)CC2)CC1. The van der Waals surface area contributed by atoms with Crippen LogP contribution in [0.5, 0.6) is 0 Å². The van der Waals surface area contributed by atoms with E-state index in [1.54, 1.807) is 7.11 Å². The van der Waals surface area contributed by atoms with E-state index in [4.69, 9.17) is 4.74 Å². The minimum Gasteiger partial charge on any atom is -0.381 e. The van der Waals surface area contributed by atoms with E-state index in [2.05, 4.69) is 10.6 Å². The molecule has 2 fully saturated rings. The zero-order valence-corrected chi connectivity index (χ0v) is 21.0. The monoisotopic (exact) mass is 515 g/mol. The van der Waals surface area contributed by atoms with Crippen molar-refractivity contribution >= 4 is 11.8 Å². The van der Waals surface area contributed by atoms with Gasteiger partial charge in [0.1, 0.15) is 6.67 Å². The van der Waals surface area contributed by atoms with Crippen LogP contribution in [-0.2, 0) is 22.4 Å². The van der Waals surface area contributed by atoms with Gasteiger partial charge in [0.25, 0.3) is 5.91 Å². The Balaban J connectivity index is 1.39. The first kappa shape index (κ1) is 28.4. The number of hydrogen-bond donors (Lipinski definition) is 2. The molecule has 0 spiro atoms. The molecule has 0 aliphatic heterocycles. The van der Waals surface area contributed by atoms with Gasteiger partial charge < -0.3 is 20.3 Å². The van der Waals surface area contributed by atoms with Crippen LogP contribution in [0.25, 0.3) is 0 Å². The minimum absolute atomic E-state index is 0.0824. The summed E-state index contributed by atoms with van der Waals surface area (Å²) in [6, 6.07) is 3.10. The topological polar surface area (TPSA) is 70.7 Å². The van der Waals surface area contributed by atoms with Crippen molar-refractivity contribution in [3.63, 3.8) is 0 Å². The van der Waals surface area contributed by atoms with Crippen LogP contribution < -0.4 is 10.6 Å². The lowest BCUT2D eigenvalue weighted by Crippen LogP contribution is -2.46. The van der Waals surface area contributed by atoms with Gasteiger partial charge >= 0.3 is 6.18 Å². The maximum absolute atomic E-state index is 13.1. The second-order valence-corrected chi connectivity index (χ2v) is 10.0. The molecule has 2 aliphatic carbocycles. The number of carbonyl (C=O) groups excluding carboxylic acids is 2. The van der Waals surface area contributed by atoms with E-state index in [0.29, 0.717) is 19.2 Å². The third-order valence-corrected chi connectivity index (χ3v) is 7.59. The first-order valence-electron chi connectivity index (χ1n) is 12.7. The predicted octanol–water partition coefficient (Wildman–Crippen LogP) is 4.47. The molecule has 0 heterocycles. The van der Waals surface area contributed by atoms with Crippen LogP contribution in [0.4, 0.5) is 17.6 Å². The molecule has 2 aliphatic rings. The van der Waals surface area contributed by atoms with Crippen molar-refractivity contribution in [1.29, 1.82) is 0 Å². The van der Waals surface area contributed by atoms with Gasteiger partial charge in [-0.1, -0.05) is 0 Å². The van der Waals surface area contributed by atoms with Crippen LogP contribution in [0.1, 0.15) is 72.9 Å². The Hall–Kier alpha value is -2.20. The van der Waals surface area contributed by atoms with Crippen molar-refractivity contribution in [2.45, 2.75) is 82.4 Å². The number of rotatable bonds is 9. The van der Waals surface area contributed by atoms with Crippen LogP contribution in [-0.4, -0.2) is 62.1 Å². The van der Waals surface area contributed by atoms with Gasteiger partial charge in [0.05, 0.1) is 18.2 Å². The average molecular weight is 516 g/mol. The van der Waals surface area contributed by atoms with Gasteiger partial charge in [0.15, 0.2) is 0 Å². The molecule has 0 unspecified atom stereocenters. The van der Waals surface area contributed by atoms with Gasteiger partial charge in [-0.3, -0.25) is 9.59 Å². The summed E-state index contributed by atoms with van der Waals surface area (Å²) in [5.41, 5.74) is -1.40. The molecule has 3 rings (SSSR count). The van der Waals surface area contributed by atoms with Gasteiger partial charge in [-0.15, -0.1) is 0 Å². The van der Waals surface area contributed by atoms with E-state index in [-0.39, 0.29) is 35.0 Å². The van der Waals surface area contributed by atoms with Gasteiger partial charge in [-0.25, -0.2) is 4.39 Å². The minimum atomic E-state index is -4.65. The number of halogens is 4. The highest BCUT2D eigenvalue weighted by Crippen LogP contribution is 2.31. The molecule has 0 saturated heterocycles. The molecule has 6 nitrogen and oxygen atoms in total. The maximum atomic E-state index is 13.1. The van der Waals surface area contributed by atoms with Crippen molar-refractivity contribution in [2.24, 2.45) is 5.92 Å². The van der Waals surface area contributed by atoms with Crippen molar-refractivity contribution in [3.8, 4) is 0 Å². The summed E-state index contributed by atoms with van der Waals surface area (Å²) >= 11 is 0. The Labute approximate surface area is 210 Å². The number of alkyl halides is 4. The number of amides is 2. The second-order valence-electron chi connectivity index (χ2n) is 10.0. The van der Waals surface area contributed by atoms with Crippen LogP contribution in [0.15, 0.2) is 18.2 Å². The van der Waals surface area contributed by atoms with Crippen LogP contribution in [0, 0.1) is 5.92 Å². The predicted molar refractivity (Wildman–Crippen MR) is 128 cm³/mol. The van der Waals surface area contributed by atoms with E-state index in [9.17, 15) is 27.2 Å². The number of nitrogens with one attached hydrogen (secondary N) is 2. The fourth-order valence-corrected chi connectivity index (χ4v) is 5.20. The number of benzene rings is 1. The molecule has 2 amide bonds. The summed E-state index contributed by atoms with van der Waals surface area (Å²) in [5, 5.41) is 6.06. The molecule has 0 radical (unpaired) electrons. The lowest BCUT2D eigenvalue weighted by atomic mass is 9.86. The van der Waals surface area contributed by atoms with E-state index in [1.807, 2.05) is 11.9 Å². The van der Waals surface area contributed by atoms with Crippen molar-refractivity contribution in [1.82, 2.24) is 15.5 Å². The normalized spacial score (nSPS) is 24.8. The molecule has 10 heteroatoms. The molecular formula is C26H37F4N3O3. The molecule has 0 bridgehead atoms. The Bertz CT molecular complexity index is 880. The third kappa shape index (κ3) is 7.90. The lowest BCUT2D eigenvalue weighted by Gasteiger charge is -2.35. The fourth-order valence-electron chi connectivity index (χ4n) is 5.20. The Kier molecular flexibility index (Phi) is 10.1. The summed E-state index contributed by atoms with van der Waals surface area (Å²) in [6.07, 6.45) is 2.86. The largest absolute Gasteiger partial charge is 0.416 e. The first-order valence-corrected chi connectivity index (χ1v) is 12.7. The highest BCUT2D eigenvalue weighted by molar-refractivity contribution is 5.94. The maximum Gasteiger partial charge on any atom is 0.416 e. The van der Waals surface area contributed by atoms with Crippen molar-refractivity contribution < 1.29 is 31.9 Å². The smallest absolute Gasteiger partial charge is 0.381 e. The summed E-state index contributed by atoms with van der Waals surface area (Å²) in [5.74, 6) is -0.351. The summed E-state index contributed by atoms with van der Waals surface area (Å²) in [6.45, 7) is -0.438. The third-order valence-electron chi connectivity index (χ3n) is 7.59. The lowest BCUT2D eigenvalue weighted by molar-refractivity contribution is -0.137. The number of likely N-dealkylation sites (N-methyl/N-ethyl adjacent to an activating group) is 1. The van der Waals surface area contributed by atoms with Crippen molar-refractivity contribution in [2.75, 3.05) is 27.2 Å². The van der Waals surface area contributed by atoms with E-state index < -0.39 is 24.3 Å². The first-order chi connectivity index (χ1) is 17.1. The number of carbonyl (C=O) groups is 2. The molecule has 0 atom stereocenters. The molecule has 36 heavy (non-hydrogen) atoms. The number of methoxy groups -OCH3 is 1. The van der Waals surface area contributed by atoms with Gasteiger partial charge in [-0.05, 0) is 81.0 Å². The molecular weight excluding hydrogens is 478 g/mol. The quantitative estimate of drug-likeness (QED) is 0.476. The Morgan fingerprint density at radius 1 is 1.03 bits per heavy atom. The van der Waals surface area contributed by atoms with Crippen LogP contribution in [0.2, 0.25) is 0 Å². The van der Waals surface area contributed by atoms with Gasteiger partial charge in [0.2, 0.25) is 5.91 Å². The summed E-state index contributed by atoms with van der Waals surface area (Å²) in [4.78, 5) is 26.9. The van der Waals surface area contributed by atoms with Gasteiger partial charge in [0, 0.05) is 38.3 Å². The fraction of sp³-hybridized carbons (Fsp3) is 0.692. The molecule has 1 aromatic carbocycles. The molecule has 202 valence electrons. The van der Waals surface area contributed by atoms with E-state index in [0.717, 1.165) is 69.6 Å². The standard InChI is InChI=1S/C26H37F4N3O3/c1-33(22-7-9-23(36-2)10-8-22)24(34)16-31-21-5-3-17(4-6-21)15-32-25(35)19-11-18(14-27)12-20(13-19)26(28,29)30/h11-13,17,21-23,31H,3-10,14-16H2,1-2H3,(H,32,35). The number of nitrogens with zero attached hydrogens (tertiary/aromatic N) is 1. The average Bonchev–Trinajstić information content (AvgIpc) is 2.89.